The number of carbonyl (C=O) groups is 3. The normalized spacial score (nSPS) is 10.3. The van der Waals surface area contributed by atoms with Crippen molar-refractivity contribution in [3.05, 3.63) is 51.2 Å². The van der Waals surface area contributed by atoms with Crippen LogP contribution in [0, 0.1) is 13.8 Å². The molecule has 0 bridgehead atoms. The van der Waals surface area contributed by atoms with Crippen LogP contribution in [0.1, 0.15) is 43.3 Å². The van der Waals surface area contributed by atoms with Crippen molar-refractivity contribution in [2.24, 2.45) is 0 Å². The zero-order valence-electron chi connectivity index (χ0n) is 13.9. The molecule has 24 heavy (non-hydrogen) atoms. The van der Waals surface area contributed by atoms with E-state index in [0.717, 1.165) is 9.75 Å². The lowest BCUT2D eigenvalue weighted by molar-refractivity contribution is -0.116. The van der Waals surface area contributed by atoms with Crippen LogP contribution in [0.2, 0.25) is 0 Å². The second-order valence-corrected chi connectivity index (χ2v) is 6.92. The second kappa shape index (κ2) is 7.88. The Labute approximate surface area is 145 Å². The molecule has 2 rings (SSSR count). The van der Waals surface area contributed by atoms with Crippen LogP contribution in [0.15, 0.2) is 30.3 Å². The molecule has 6 heteroatoms. The second-order valence-electron chi connectivity index (χ2n) is 5.45. The number of rotatable bonds is 6. The van der Waals surface area contributed by atoms with Crippen LogP contribution >= 0.6 is 11.3 Å². The molecule has 2 N–H and O–H groups in total. The van der Waals surface area contributed by atoms with Crippen LogP contribution in [-0.2, 0) is 4.79 Å². The van der Waals surface area contributed by atoms with Gasteiger partial charge in [-0.1, -0.05) is 0 Å². The monoisotopic (exact) mass is 344 g/mol. The Balaban J connectivity index is 1.88. The highest BCUT2D eigenvalue weighted by Gasteiger charge is 2.14. The Morgan fingerprint density at radius 2 is 1.71 bits per heavy atom. The molecule has 2 amide bonds. The van der Waals surface area contributed by atoms with Crippen LogP contribution in [0.3, 0.4) is 0 Å². The Morgan fingerprint density at radius 3 is 2.25 bits per heavy atom. The average molecular weight is 344 g/mol. The highest BCUT2D eigenvalue weighted by molar-refractivity contribution is 7.12. The van der Waals surface area contributed by atoms with Crippen molar-refractivity contribution in [2.75, 3.05) is 12.4 Å². The van der Waals surface area contributed by atoms with Gasteiger partial charge in [0.2, 0.25) is 5.91 Å². The Kier molecular flexibility index (Phi) is 5.87. The number of aryl methyl sites for hydroxylation is 2. The molecule has 1 aromatic heterocycles. The molecule has 0 saturated carbocycles. The summed E-state index contributed by atoms with van der Waals surface area (Å²) in [6.07, 6.45) is 0.309. The van der Waals surface area contributed by atoms with Crippen molar-refractivity contribution in [1.29, 1.82) is 0 Å². The van der Waals surface area contributed by atoms with Gasteiger partial charge in [0.25, 0.3) is 5.91 Å². The van der Waals surface area contributed by atoms with Crippen molar-refractivity contribution in [2.45, 2.75) is 26.7 Å². The van der Waals surface area contributed by atoms with E-state index in [1.807, 2.05) is 19.9 Å². The quantitative estimate of drug-likeness (QED) is 0.789. The lowest BCUT2D eigenvalue weighted by atomic mass is 10.1. The maximum atomic E-state index is 12.2. The van der Waals surface area contributed by atoms with Crippen molar-refractivity contribution in [1.82, 2.24) is 5.32 Å². The van der Waals surface area contributed by atoms with Gasteiger partial charge < -0.3 is 10.6 Å². The minimum Gasteiger partial charge on any atom is -0.355 e. The fourth-order valence-electron chi connectivity index (χ4n) is 2.34. The third-order valence-corrected chi connectivity index (χ3v) is 4.54. The van der Waals surface area contributed by atoms with Crippen LogP contribution in [0.25, 0.3) is 0 Å². The highest BCUT2D eigenvalue weighted by atomic mass is 32.1. The summed E-state index contributed by atoms with van der Waals surface area (Å²) >= 11 is 1.59. The van der Waals surface area contributed by atoms with E-state index in [2.05, 4.69) is 10.6 Å². The van der Waals surface area contributed by atoms with Gasteiger partial charge in [0.15, 0.2) is 5.78 Å². The molecule has 0 aliphatic carbocycles. The van der Waals surface area contributed by atoms with Gasteiger partial charge >= 0.3 is 0 Å². The van der Waals surface area contributed by atoms with Crippen molar-refractivity contribution >= 4 is 34.6 Å². The van der Waals surface area contributed by atoms with E-state index in [1.54, 1.807) is 42.6 Å². The fraction of sp³-hybridized carbons (Fsp3) is 0.278. The Morgan fingerprint density at radius 1 is 1.04 bits per heavy atom. The Bertz CT molecular complexity index is 763. The van der Waals surface area contributed by atoms with Crippen LogP contribution in [-0.4, -0.2) is 24.6 Å². The first-order chi connectivity index (χ1) is 11.4. The topological polar surface area (TPSA) is 75.3 Å². The highest BCUT2D eigenvalue weighted by Crippen LogP contribution is 2.22. The molecule has 0 saturated heterocycles. The third-order valence-electron chi connectivity index (χ3n) is 3.58. The zero-order chi connectivity index (χ0) is 17.7. The predicted molar refractivity (Wildman–Crippen MR) is 95.8 cm³/mol. The average Bonchev–Trinajstić information content (AvgIpc) is 2.91. The van der Waals surface area contributed by atoms with Crippen molar-refractivity contribution < 1.29 is 14.4 Å². The first-order valence-corrected chi connectivity index (χ1v) is 8.44. The van der Waals surface area contributed by atoms with Gasteiger partial charge in [-0.3, -0.25) is 14.4 Å². The van der Waals surface area contributed by atoms with Crippen molar-refractivity contribution in [3.8, 4) is 0 Å². The van der Waals surface area contributed by atoms with E-state index in [1.165, 1.54) is 0 Å². The first kappa shape index (κ1) is 17.9. The lowest BCUT2D eigenvalue weighted by Gasteiger charge is -2.06. The molecule has 1 aromatic carbocycles. The summed E-state index contributed by atoms with van der Waals surface area (Å²) in [7, 11) is 1.56. The van der Waals surface area contributed by atoms with E-state index in [0.29, 0.717) is 16.8 Å². The maximum Gasteiger partial charge on any atom is 0.251 e. The first-order valence-electron chi connectivity index (χ1n) is 7.63. The molecular formula is C18H20N2O3S. The summed E-state index contributed by atoms with van der Waals surface area (Å²) in [5.74, 6) is -0.414. The number of hydrogen-bond acceptors (Lipinski definition) is 4. The van der Waals surface area contributed by atoms with Crippen LogP contribution in [0.4, 0.5) is 5.69 Å². The zero-order valence-corrected chi connectivity index (χ0v) is 14.8. The predicted octanol–water partition coefficient (Wildman–Crippen LogP) is 3.33. The maximum absolute atomic E-state index is 12.2. The number of carbonyl (C=O) groups excluding carboxylic acids is 3. The minimum atomic E-state index is -0.222. The molecule has 126 valence electrons. The largest absolute Gasteiger partial charge is 0.355 e. The van der Waals surface area contributed by atoms with Gasteiger partial charge in [0.05, 0.1) is 0 Å². The number of anilines is 1. The number of amides is 2. The summed E-state index contributed by atoms with van der Waals surface area (Å²) in [6.45, 7) is 3.88. The summed E-state index contributed by atoms with van der Waals surface area (Å²) < 4.78 is 0. The van der Waals surface area contributed by atoms with Gasteiger partial charge in [0, 0.05) is 46.5 Å². The van der Waals surface area contributed by atoms with Gasteiger partial charge in [0.1, 0.15) is 0 Å². The summed E-state index contributed by atoms with van der Waals surface area (Å²) in [4.78, 5) is 37.7. The number of Topliss-reactive ketones (excluding diaryl/α,β-unsaturated/α-hetero) is 1. The molecule has 0 spiro atoms. The SMILES string of the molecule is CNC(=O)c1ccc(NC(=O)CCC(=O)c2cc(C)sc2C)cc1. The molecule has 2 aromatic rings. The molecule has 5 nitrogen and oxygen atoms in total. The molecule has 1 heterocycles. The third kappa shape index (κ3) is 4.52. The number of nitrogens with one attached hydrogen (secondary N) is 2. The Hall–Kier alpha value is -2.47. The number of thiophene rings is 1. The van der Waals surface area contributed by atoms with E-state index < -0.39 is 0 Å². The molecular weight excluding hydrogens is 324 g/mol. The van der Waals surface area contributed by atoms with Gasteiger partial charge in [-0.05, 0) is 44.2 Å². The molecule has 0 aliphatic rings. The number of ketones is 1. The minimum absolute atomic E-state index is 0.0121. The van der Waals surface area contributed by atoms with Crippen LogP contribution < -0.4 is 10.6 Å². The smallest absolute Gasteiger partial charge is 0.251 e. The molecule has 0 fully saturated rings. The number of benzene rings is 1. The summed E-state index contributed by atoms with van der Waals surface area (Å²) in [5.41, 5.74) is 1.83. The van der Waals surface area contributed by atoms with Crippen LogP contribution in [0.5, 0.6) is 0 Å². The van der Waals surface area contributed by atoms with E-state index >= 15 is 0 Å². The summed E-state index contributed by atoms with van der Waals surface area (Å²) in [5, 5.41) is 5.27. The molecule has 0 unspecified atom stereocenters. The van der Waals surface area contributed by atoms with Crippen molar-refractivity contribution in [3.63, 3.8) is 0 Å². The van der Waals surface area contributed by atoms with E-state index in [-0.39, 0.29) is 30.4 Å². The standard InChI is InChI=1S/C18H20N2O3S/c1-11-10-15(12(2)24-11)16(21)8-9-17(22)20-14-6-4-13(5-7-14)18(23)19-3/h4-7,10H,8-9H2,1-3H3,(H,19,23)(H,20,22). The summed E-state index contributed by atoms with van der Waals surface area (Å²) in [6, 6.07) is 8.47. The number of hydrogen-bond donors (Lipinski definition) is 2. The molecule has 0 aliphatic heterocycles. The fourth-order valence-corrected chi connectivity index (χ4v) is 3.28. The molecule has 0 radical (unpaired) electrons. The van der Waals surface area contributed by atoms with Gasteiger partial charge in [-0.2, -0.15) is 0 Å². The van der Waals surface area contributed by atoms with E-state index in [9.17, 15) is 14.4 Å². The lowest BCUT2D eigenvalue weighted by Crippen LogP contribution is -2.18. The van der Waals surface area contributed by atoms with Gasteiger partial charge in [-0.15, -0.1) is 11.3 Å². The van der Waals surface area contributed by atoms with Gasteiger partial charge in [-0.25, -0.2) is 0 Å². The molecule has 0 atom stereocenters. The van der Waals surface area contributed by atoms with E-state index in [4.69, 9.17) is 0 Å².